The van der Waals surface area contributed by atoms with Crippen LogP contribution in [0, 0.1) is 13.8 Å². The average molecular weight is 458 g/mol. The Kier molecular flexibility index (Phi) is 7.76. The molecule has 3 rings (SSSR count). The van der Waals surface area contributed by atoms with Crippen molar-refractivity contribution in [2.45, 2.75) is 26.8 Å². The quantitative estimate of drug-likeness (QED) is 0.602. The number of halogens is 1. The van der Waals surface area contributed by atoms with Crippen molar-refractivity contribution in [1.82, 2.24) is 5.32 Å². The third-order valence-electron chi connectivity index (χ3n) is 4.75. The zero-order valence-corrected chi connectivity index (χ0v) is 19.2. The molecule has 0 bridgehead atoms. The molecule has 0 radical (unpaired) electrons. The Bertz CT molecular complexity index is 1050. The van der Waals surface area contributed by atoms with E-state index in [1.165, 1.54) is 18.9 Å². The number of carbonyl (C=O) groups excluding carboxylic acids is 2. The van der Waals surface area contributed by atoms with Crippen LogP contribution in [-0.2, 0) is 20.9 Å². The third kappa shape index (κ3) is 6.60. The van der Waals surface area contributed by atoms with Gasteiger partial charge in [-0.1, -0.05) is 35.5 Å². The summed E-state index contributed by atoms with van der Waals surface area (Å²) in [5.41, 5.74) is 5.46. The molecule has 1 heterocycles. The molecule has 1 aliphatic rings. The second-order valence-electron chi connectivity index (χ2n) is 7.14. The number of amides is 1. The fourth-order valence-corrected chi connectivity index (χ4v) is 3.79. The van der Waals surface area contributed by atoms with Gasteiger partial charge in [-0.15, -0.1) is 0 Å². The molecule has 0 saturated heterocycles. The third-order valence-corrected chi connectivity index (χ3v) is 5.92. The summed E-state index contributed by atoms with van der Waals surface area (Å²) in [6.45, 7) is 4.47. The fraction of sp³-hybridized carbons (Fsp3) is 0.261. The predicted octanol–water partition coefficient (Wildman–Crippen LogP) is 4.91. The number of ether oxygens (including phenoxy) is 1. The fourth-order valence-electron chi connectivity index (χ4n) is 2.89. The van der Waals surface area contributed by atoms with Gasteiger partial charge in [-0.05, 0) is 60.9 Å². The Hall–Kier alpha value is -2.77. The highest BCUT2D eigenvalue weighted by molar-refractivity contribution is 8.14. The lowest BCUT2D eigenvalue weighted by molar-refractivity contribution is -0.139. The molecule has 2 aromatic rings. The number of aliphatic imine (C=N–C) groups is 1. The van der Waals surface area contributed by atoms with Crippen molar-refractivity contribution in [3.63, 3.8) is 0 Å². The van der Waals surface area contributed by atoms with E-state index in [2.05, 4.69) is 10.6 Å². The lowest BCUT2D eigenvalue weighted by atomic mass is 10.1. The molecular formula is C23H24ClN3O3S. The monoisotopic (exact) mass is 457 g/mol. The van der Waals surface area contributed by atoms with Crippen molar-refractivity contribution in [2.75, 3.05) is 18.2 Å². The Labute approximate surface area is 191 Å². The first kappa shape index (κ1) is 22.9. The van der Waals surface area contributed by atoms with Crippen molar-refractivity contribution in [3.05, 3.63) is 69.9 Å². The molecule has 2 aromatic carbocycles. The maximum absolute atomic E-state index is 12.3. The lowest BCUT2D eigenvalue weighted by Crippen LogP contribution is -2.25. The Morgan fingerprint density at radius 1 is 1.16 bits per heavy atom. The summed E-state index contributed by atoms with van der Waals surface area (Å²) in [6.07, 6.45) is 1.88. The van der Waals surface area contributed by atoms with Crippen molar-refractivity contribution < 1.29 is 14.3 Å². The van der Waals surface area contributed by atoms with Crippen LogP contribution in [-0.4, -0.2) is 29.8 Å². The first-order valence-electron chi connectivity index (χ1n) is 9.72. The molecule has 162 valence electrons. The molecule has 6 nitrogen and oxygen atoms in total. The topological polar surface area (TPSA) is 79.8 Å². The minimum Gasteiger partial charge on any atom is -0.469 e. The normalized spacial score (nSPS) is 12.6. The highest BCUT2D eigenvalue weighted by atomic mass is 35.5. The van der Waals surface area contributed by atoms with E-state index in [0.717, 1.165) is 28.1 Å². The number of nitrogens with zero attached hydrogens (tertiary/aromatic N) is 1. The van der Waals surface area contributed by atoms with E-state index < -0.39 is 0 Å². The number of hydrogen-bond donors (Lipinski definition) is 2. The molecule has 0 saturated carbocycles. The molecule has 0 fully saturated rings. The van der Waals surface area contributed by atoms with Crippen LogP contribution in [0.2, 0.25) is 5.02 Å². The van der Waals surface area contributed by atoms with E-state index in [9.17, 15) is 9.59 Å². The molecule has 0 unspecified atom stereocenters. The Morgan fingerprint density at radius 3 is 2.58 bits per heavy atom. The van der Waals surface area contributed by atoms with Gasteiger partial charge in [0.25, 0.3) is 0 Å². The highest BCUT2D eigenvalue weighted by Crippen LogP contribution is 2.33. The largest absolute Gasteiger partial charge is 0.469 e. The van der Waals surface area contributed by atoms with Gasteiger partial charge in [-0.25, -0.2) is 4.99 Å². The second-order valence-corrected chi connectivity index (χ2v) is 8.58. The number of benzene rings is 2. The summed E-state index contributed by atoms with van der Waals surface area (Å²) in [4.78, 5) is 28.9. The zero-order valence-electron chi connectivity index (χ0n) is 17.6. The first-order chi connectivity index (χ1) is 14.8. The van der Waals surface area contributed by atoms with Gasteiger partial charge >= 0.3 is 5.97 Å². The van der Waals surface area contributed by atoms with E-state index in [-0.39, 0.29) is 24.1 Å². The summed E-state index contributed by atoms with van der Waals surface area (Å²) in [7, 11) is 1.36. The van der Waals surface area contributed by atoms with Crippen LogP contribution in [0.4, 0.5) is 11.4 Å². The number of nitrogens with one attached hydrogen (secondary N) is 2. The SMILES string of the molecule is COC(=O)CC1=CC(SCC(=O)NCc2ccc(Cl)cc2)=Nc2cc(C)c(C)cc2N1. The van der Waals surface area contributed by atoms with Gasteiger partial charge in [-0.2, -0.15) is 0 Å². The van der Waals surface area contributed by atoms with E-state index in [4.69, 9.17) is 21.3 Å². The molecule has 2 N–H and O–H groups in total. The predicted molar refractivity (Wildman–Crippen MR) is 127 cm³/mol. The molecule has 0 atom stereocenters. The number of hydrogen-bond acceptors (Lipinski definition) is 6. The highest BCUT2D eigenvalue weighted by Gasteiger charge is 2.16. The van der Waals surface area contributed by atoms with Crippen LogP contribution in [0.3, 0.4) is 0 Å². The second kappa shape index (κ2) is 10.5. The van der Waals surface area contributed by atoms with Crippen LogP contribution in [0.5, 0.6) is 0 Å². The van der Waals surface area contributed by atoms with Crippen LogP contribution in [0.15, 0.2) is 53.2 Å². The number of methoxy groups -OCH3 is 1. The smallest absolute Gasteiger partial charge is 0.311 e. The zero-order chi connectivity index (χ0) is 22.4. The van der Waals surface area contributed by atoms with Gasteiger partial charge in [0.1, 0.15) is 0 Å². The van der Waals surface area contributed by atoms with Gasteiger partial charge in [-0.3, -0.25) is 9.59 Å². The number of carbonyl (C=O) groups is 2. The van der Waals surface area contributed by atoms with Crippen molar-refractivity contribution in [3.8, 4) is 0 Å². The standard InChI is InChI=1S/C23H24ClN3O3S/c1-14-8-19-20(9-15(14)2)27-22(10-18(26-19)11-23(29)30-3)31-13-21(28)25-12-16-4-6-17(24)7-5-16/h4-10,26H,11-13H2,1-3H3,(H,25,28). The Balaban J connectivity index is 1.71. The summed E-state index contributed by atoms with van der Waals surface area (Å²) in [5.74, 6) is -0.256. The number of thioether (sulfide) groups is 1. The van der Waals surface area contributed by atoms with Gasteiger partial charge in [0, 0.05) is 17.3 Å². The molecule has 0 aromatic heterocycles. The molecule has 0 spiro atoms. The maximum Gasteiger partial charge on any atom is 0.311 e. The van der Waals surface area contributed by atoms with Gasteiger partial charge < -0.3 is 15.4 Å². The molecule has 8 heteroatoms. The summed E-state index contributed by atoms with van der Waals surface area (Å²) in [5, 5.41) is 7.48. The maximum atomic E-state index is 12.3. The van der Waals surface area contributed by atoms with Crippen LogP contribution < -0.4 is 10.6 Å². The van der Waals surface area contributed by atoms with Crippen LogP contribution in [0.25, 0.3) is 0 Å². The van der Waals surface area contributed by atoms with E-state index in [1.807, 2.05) is 38.1 Å². The van der Waals surface area contributed by atoms with Crippen LogP contribution in [0.1, 0.15) is 23.1 Å². The minimum atomic E-state index is -0.351. The van der Waals surface area contributed by atoms with Crippen molar-refractivity contribution >= 4 is 51.7 Å². The summed E-state index contributed by atoms with van der Waals surface area (Å²) >= 11 is 7.20. The van der Waals surface area contributed by atoms with E-state index in [0.29, 0.717) is 22.3 Å². The Morgan fingerprint density at radius 2 is 1.87 bits per heavy atom. The van der Waals surface area contributed by atoms with Gasteiger partial charge in [0.2, 0.25) is 5.91 Å². The summed E-state index contributed by atoms with van der Waals surface area (Å²) < 4.78 is 4.80. The van der Waals surface area contributed by atoms with Crippen molar-refractivity contribution in [1.29, 1.82) is 0 Å². The minimum absolute atomic E-state index is 0.0885. The molecule has 0 aliphatic carbocycles. The number of rotatable bonds is 6. The number of aryl methyl sites for hydroxylation is 2. The molecule has 1 aliphatic heterocycles. The number of fused-ring (bicyclic) bond motifs is 1. The lowest BCUT2D eigenvalue weighted by Gasteiger charge is -2.12. The molecule has 1 amide bonds. The van der Waals surface area contributed by atoms with Gasteiger partial charge in [0.15, 0.2) is 0 Å². The number of anilines is 1. The van der Waals surface area contributed by atoms with Gasteiger partial charge in [0.05, 0.1) is 35.7 Å². The van der Waals surface area contributed by atoms with Crippen LogP contribution >= 0.6 is 23.4 Å². The van der Waals surface area contributed by atoms with E-state index in [1.54, 1.807) is 18.2 Å². The molecule has 31 heavy (non-hydrogen) atoms. The molecular weight excluding hydrogens is 434 g/mol. The summed E-state index contributed by atoms with van der Waals surface area (Å²) in [6, 6.07) is 11.3. The van der Waals surface area contributed by atoms with E-state index >= 15 is 0 Å². The number of esters is 1. The average Bonchev–Trinajstić information content (AvgIpc) is 2.90. The van der Waals surface area contributed by atoms with Crippen molar-refractivity contribution in [2.24, 2.45) is 4.99 Å². The first-order valence-corrected chi connectivity index (χ1v) is 11.1.